The maximum Gasteiger partial charge on any atom is 0.356 e. The first-order valence-corrected chi connectivity index (χ1v) is 8.40. The van der Waals surface area contributed by atoms with Crippen LogP contribution in [-0.2, 0) is 11.3 Å². The van der Waals surface area contributed by atoms with Crippen molar-refractivity contribution in [2.45, 2.75) is 6.61 Å². The van der Waals surface area contributed by atoms with Crippen LogP contribution in [0.3, 0.4) is 0 Å². The summed E-state index contributed by atoms with van der Waals surface area (Å²) in [6.07, 6.45) is 0. The fraction of sp³-hybridized carbons (Fsp3) is 0.105. The lowest BCUT2D eigenvalue weighted by molar-refractivity contribution is 0.0684. The maximum absolute atomic E-state index is 11.6. The number of benzene rings is 2. The highest BCUT2D eigenvalue weighted by molar-refractivity contribution is 6.31. The number of carboxylic acids is 1. The van der Waals surface area contributed by atoms with Gasteiger partial charge in [0.05, 0.1) is 23.7 Å². The maximum atomic E-state index is 11.6. The minimum Gasteiger partial charge on any atom is -0.476 e. The molecule has 0 aliphatic carbocycles. The van der Waals surface area contributed by atoms with Gasteiger partial charge < -0.3 is 9.84 Å². The number of nitrogens with zero attached hydrogens (tertiary/aromatic N) is 2. The molecule has 1 N–H and O–H groups in total. The molecule has 0 atom stereocenters. The van der Waals surface area contributed by atoms with E-state index in [4.69, 9.17) is 27.9 Å². The largest absolute Gasteiger partial charge is 0.476 e. The van der Waals surface area contributed by atoms with Crippen molar-refractivity contribution in [3.63, 3.8) is 0 Å². The quantitative estimate of drug-likeness (QED) is 0.668. The van der Waals surface area contributed by atoms with E-state index in [1.165, 1.54) is 7.11 Å². The van der Waals surface area contributed by atoms with E-state index >= 15 is 0 Å². The lowest BCUT2D eigenvalue weighted by Gasteiger charge is -2.13. The molecule has 5 nitrogen and oxygen atoms in total. The van der Waals surface area contributed by atoms with Gasteiger partial charge >= 0.3 is 5.97 Å². The van der Waals surface area contributed by atoms with Gasteiger partial charge in [-0.25, -0.2) is 14.8 Å². The Balaban J connectivity index is 2.27. The first-order valence-electron chi connectivity index (χ1n) is 7.64. The molecule has 3 aromatic rings. The SMILES string of the molecule is COCc1nc(-c2ccc(Cl)cc2)c(-c2ccc(Cl)cc2)nc1C(=O)O. The van der Waals surface area contributed by atoms with Crippen LogP contribution in [-0.4, -0.2) is 28.2 Å². The third-order valence-electron chi connectivity index (χ3n) is 3.69. The van der Waals surface area contributed by atoms with E-state index in [9.17, 15) is 9.90 Å². The van der Waals surface area contributed by atoms with Crippen molar-refractivity contribution in [3.05, 3.63) is 70.0 Å². The summed E-state index contributed by atoms with van der Waals surface area (Å²) in [7, 11) is 1.47. The Kier molecular flexibility index (Phi) is 5.52. The number of aromatic carboxylic acids is 1. The lowest BCUT2D eigenvalue weighted by Crippen LogP contribution is -2.11. The van der Waals surface area contributed by atoms with E-state index in [0.717, 1.165) is 5.56 Å². The molecule has 0 saturated heterocycles. The molecule has 0 aliphatic rings. The molecule has 0 saturated carbocycles. The van der Waals surface area contributed by atoms with Crippen LogP contribution in [0.25, 0.3) is 22.5 Å². The zero-order valence-electron chi connectivity index (χ0n) is 13.7. The van der Waals surface area contributed by atoms with E-state index in [0.29, 0.717) is 27.0 Å². The lowest BCUT2D eigenvalue weighted by atomic mass is 10.0. The summed E-state index contributed by atoms with van der Waals surface area (Å²) in [5.74, 6) is -1.16. The summed E-state index contributed by atoms with van der Waals surface area (Å²) < 4.78 is 5.09. The Morgan fingerprint density at radius 3 is 1.81 bits per heavy atom. The second-order valence-electron chi connectivity index (χ2n) is 5.47. The van der Waals surface area contributed by atoms with Gasteiger partial charge in [0.25, 0.3) is 0 Å². The highest BCUT2D eigenvalue weighted by atomic mass is 35.5. The predicted molar refractivity (Wildman–Crippen MR) is 101 cm³/mol. The number of aromatic nitrogens is 2. The van der Waals surface area contributed by atoms with E-state index in [-0.39, 0.29) is 18.0 Å². The van der Waals surface area contributed by atoms with E-state index in [1.54, 1.807) is 36.4 Å². The van der Waals surface area contributed by atoms with Crippen molar-refractivity contribution in [1.29, 1.82) is 0 Å². The number of hydrogen-bond acceptors (Lipinski definition) is 4. The normalized spacial score (nSPS) is 10.7. The van der Waals surface area contributed by atoms with E-state index in [2.05, 4.69) is 9.97 Å². The predicted octanol–water partition coefficient (Wildman–Crippen LogP) is 4.96. The molecule has 0 unspecified atom stereocenters. The zero-order chi connectivity index (χ0) is 18.7. The van der Waals surface area contributed by atoms with Crippen molar-refractivity contribution in [2.24, 2.45) is 0 Å². The fourth-order valence-corrected chi connectivity index (χ4v) is 2.75. The number of halogens is 2. The van der Waals surface area contributed by atoms with Gasteiger partial charge in [-0.2, -0.15) is 0 Å². The summed E-state index contributed by atoms with van der Waals surface area (Å²) >= 11 is 11.9. The van der Waals surface area contributed by atoms with Crippen molar-refractivity contribution in [1.82, 2.24) is 9.97 Å². The number of carbonyl (C=O) groups is 1. The molecule has 26 heavy (non-hydrogen) atoms. The van der Waals surface area contributed by atoms with Crippen LogP contribution in [0, 0.1) is 0 Å². The highest BCUT2D eigenvalue weighted by Gasteiger charge is 2.20. The van der Waals surface area contributed by atoms with Crippen LogP contribution >= 0.6 is 23.2 Å². The third-order valence-corrected chi connectivity index (χ3v) is 4.19. The van der Waals surface area contributed by atoms with Gasteiger partial charge in [-0.3, -0.25) is 0 Å². The topological polar surface area (TPSA) is 72.3 Å². The van der Waals surface area contributed by atoms with Crippen molar-refractivity contribution in [3.8, 4) is 22.5 Å². The van der Waals surface area contributed by atoms with Gasteiger partial charge in [0.15, 0.2) is 5.69 Å². The van der Waals surface area contributed by atoms with Crippen LogP contribution in [0.1, 0.15) is 16.2 Å². The van der Waals surface area contributed by atoms with Crippen LogP contribution in [0.2, 0.25) is 10.0 Å². The first-order chi connectivity index (χ1) is 12.5. The Hall–Kier alpha value is -2.47. The van der Waals surface area contributed by atoms with Gasteiger partial charge in [-0.05, 0) is 24.3 Å². The van der Waals surface area contributed by atoms with Gasteiger partial charge in [0.1, 0.15) is 0 Å². The van der Waals surface area contributed by atoms with Crippen molar-refractivity contribution in [2.75, 3.05) is 7.11 Å². The third kappa shape index (κ3) is 3.85. The molecular weight excluding hydrogens is 375 g/mol. The van der Waals surface area contributed by atoms with E-state index < -0.39 is 5.97 Å². The number of hydrogen-bond donors (Lipinski definition) is 1. The van der Waals surface area contributed by atoms with Gasteiger partial charge in [0.2, 0.25) is 0 Å². The zero-order valence-corrected chi connectivity index (χ0v) is 15.3. The summed E-state index contributed by atoms with van der Waals surface area (Å²) in [4.78, 5) is 20.5. The molecule has 3 rings (SSSR count). The smallest absolute Gasteiger partial charge is 0.356 e. The number of rotatable bonds is 5. The molecule has 0 spiro atoms. The minimum atomic E-state index is -1.16. The fourth-order valence-electron chi connectivity index (χ4n) is 2.50. The molecule has 1 aromatic heterocycles. The molecule has 0 radical (unpaired) electrons. The monoisotopic (exact) mass is 388 g/mol. The number of ether oxygens (including phenoxy) is 1. The summed E-state index contributed by atoms with van der Waals surface area (Å²) in [6.45, 7) is 0.0378. The Morgan fingerprint density at radius 1 is 0.923 bits per heavy atom. The van der Waals surface area contributed by atoms with Gasteiger partial charge in [-0.15, -0.1) is 0 Å². The summed E-state index contributed by atoms with van der Waals surface area (Å²) in [5, 5.41) is 10.7. The van der Waals surface area contributed by atoms with E-state index in [1.807, 2.05) is 12.1 Å². The Morgan fingerprint density at radius 2 is 1.38 bits per heavy atom. The average molecular weight is 389 g/mol. The van der Waals surface area contributed by atoms with Crippen LogP contribution in [0.15, 0.2) is 48.5 Å². The molecule has 2 aromatic carbocycles. The number of methoxy groups -OCH3 is 1. The summed E-state index contributed by atoms with van der Waals surface area (Å²) in [6, 6.07) is 14.1. The second kappa shape index (κ2) is 7.83. The van der Waals surface area contributed by atoms with Crippen LogP contribution in [0.5, 0.6) is 0 Å². The van der Waals surface area contributed by atoms with Crippen molar-refractivity contribution >= 4 is 29.2 Å². The molecule has 1 heterocycles. The molecule has 132 valence electrons. The standard InChI is InChI=1S/C19H14Cl2N2O3/c1-26-10-15-18(19(24)25)23-17(12-4-8-14(21)9-5-12)16(22-15)11-2-6-13(20)7-3-11/h2-9H,10H2,1H3,(H,24,25). The Labute approximate surface area is 160 Å². The van der Waals surface area contributed by atoms with Gasteiger partial charge in [-0.1, -0.05) is 47.5 Å². The van der Waals surface area contributed by atoms with Crippen molar-refractivity contribution < 1.29 is 14.6 Å². The van der Waals surface area contributed by atoms with Crippen LogP contribution in [0.4, 0.5) is 0 Å². The van der Waals surface area contributed by atoms with Crippen LogP contribution < -0.4 is 0 Å². The molecule has 7 heteroatoms. The molecular formula is C19H14Cl2N2O3. The molecule has 0 bridgehead atoms. The molecule has 0 amide bonds. The minimum absolute atomic E-state index is 0.0378. The number of carboxylic acid groups (broad SMARTS) is 1. The van der Waals surface area contributed by atoms with Gasteiger partial charge in [0, 0.05) is 28.3 Å². The Bertz CT molecular complexity index is 942. The molecule has 0 fully saturated rings. The second-order valence-corrected chi connectivity index (χ2v) is 6.34. The molecule has 0 aliphatic heterocycles. The average Bonchev–Trinajstić information content (AvgIpc) is 2.63. The summed E-state index contributed by atoms with van der Waals surface area (Å²) in [5.41, 5.74) is 2.57. The highest BCUT2D eigenvalue weighted by Crippen LogP contribution is 2.31. The first kappa shape index (κ1) is 18.3.